The summed E-state index contributed by atoms with van der Waals surface area (Å²) in [4.78, 5) is 22.2. The SMILES string of the molecule is CCCCCNC(=O)NCC(CCC)C(=O)O. The summed E-state index contributed by atoms with van der Waals surface area (Å²) in [5, 5.41) is 14.2. The third-order valence-electron chi connectivity index (χ3n) is 2.56. The lowest BCUT2D eigenvalue weighted by molar-refractivity contribution is -0.141. The van der Waals surface area contributed by atoms with Crippen LogP contribution in [0.1, 0.15) is 46.0 Å². The van der Waals surface area contributed by atoms with Gasteiger partial charge in [0.15, 0.2) is 0 Å². The van der Waals surface area contributed by atoms with Crippen molar-refractivity contribution in [3.8, 4) is 0 Å². The van der Waals surface area contributed by atoms with Crippen molar-refractivity contribution >= 4 is 12.0 Å². The van der Waals surface area contributed by atoms with Crippen LogP contribution in [0.2, 0.25) is 0 Å². The number of unbranched alkanes of at least 4 members (excludes halogenated alkanes) is 2. The lowest BCUT2D eigenvalue weighted by Crippen LogP contribution is -2.40. The number of hydrogen-bond acceptors (Lipinski definition) is 2. The van der Waals surface area contributed by atoms with Crippen molar-refractivity contribution in [2.75, 3.05) is 13.1 Å². The van der Waals surface area contributed by atoms with Crippen molar-refractivity contribution in [1.29, 1.82) is 0 Å². The monoisotopic (exact) mass is 244 g/mol. The van der Waals surface area contributed by atoms with Crippen LogP contribution in [0.15, 0.2) is 0 Å². The highest BCUT2D eigenvalue weighted by molar-refractivity contribution is 5.75. The molecule has 0 saturated carbocycles. The van der Waals surface area contributed by atoms with Gasteiger partial charge < -0.3 is 15.7 Å². The number of hydrogen-bond donors (Lipinski definition) is 3. The minimum Gasteiger partial charge on any atom is -0.481 e. The van der Waals surface area contributed by atoms with Gasteiger partial charge in [-0.3, -0.25) is 4.79 Å². The predicted octanol–water partition coefficient (Wildman–Crippen LogP) is 1.98. The summed E-state index contributed by atoms with van der Waals surface area (Å²) < 4.78 is 0. The van der Waals surface area contributed by atoms with Crippen LogP contribution < -0.4 is 10.6 Å². The fourth-order valence-corrected chi connectivity index (χ4v) is 1.52. The molecule has 5 heteroatoms. The van der Waals surface area contributed by atoms with Gasteiger partial charge in [0.1, 0.15) is 0 Å². The van der Waals surface area contributed by atoms with Crippen LogP contribution in [0, 0.1) is 5.92 Å². The van der Waals surface area contributed by atoms with Crippen molar-refractivity contribution < 1.29 is 14.7 Å². The van der Waals surface area contributed by atoms with Crippen LogP contribution in [-0.2, 0) is 4.79 Å². The van der Waals surface area contributed by atoms with Crippen LogP contribution in [0.4, 0.5) is 4.79 Å². The molecule has 0 fully saturated rings. The molecule has 3 N–H and O–H groups in total. The van der Waals surface area contributed by atoms with Crippen LogP contribution >= 0.6 is 0 Å². The second kappa shape index (κ2) is 9.93. The van der Waals surface area contributed by atoms with Crippen molar-refractivity contribution in [1.82, 2.24) is 10.6 Å². The largest absolute Gasteiger partial charge is 0.481 e. The molecule has 0 bridgehead atoms. The Morgan fingerprint density at radius 3 is 2.35 bits per heavy atom. The number of aliphatic carboxylic acids is 1. The first-order valence-corrected chi connectivity index (χ1v) is 6.36. The Morgan fingerprint density at radius 2 is 1.82 bits per heavy atom. The first-order valence-electron chi connectivity index (χ1n) is 6.36. The molecule has 0 aliphatic heterocycles. The van der Waals surface area contributed by atoms with Gasteiger partial charge in [0, 0.05) is 13.1 Å². The Hall–Kier alpha value is -1.26. The van der Waals surface area contributed by atoms with E-state index in [0.29, 0.717) is 13.0 Å². The fraction of sp³-hybridized carbons (Fsp3) is 0.833. The van der Waals surface area contributed by atoms with Crippen LogP contribution in [0.3, 0.4) is 0 Å². The molecule has 0 aliphatic carbocycles. The normalized spacial score (nSPS) is 11.9. The molecule has 100 valence electrons. The maximum Gasteiger partial charge on any atom is 0.314 e. The highest BCUT2D eigenvalue weighted by atomic mass is 16.4. The number of amides is 2. The molecular weight excluding hydrogens is 220 g/mol. The maximum atomic E-state index is 11.3. The molecule has 17 heavy (non-hydrogen) atoms. The van der Waals surface area contributed by atoms with E-state index < -0.39 is 11.9 Å². The molecule has 0 rings (SSSR count). The van der Waals surface area contributed by atoms with E-state index >= 15 is 0 Å². The summed E-state index contributed by atoms with van der Waals surface area (Å²) >= 11 is 0. The van der Waals surface area contributed by atoms with Crippen molar-refractivity contribution in [2.45, 2.75) is 46.0 Å². The van der Waals surface area contributed by atoms with Crippen LogP contribution in [0.5, 0.6) is 0 Å². The Balaban J connectivity index is 3.69. The summed E-state index contributed by atoms with van der Waals surface area (Å²) in [5.41, 5.74) is 0. The zero-order valence-electron chi connectivity index (χ0n) is 10.8. The molecule has 0 radical (unpaired) electrons. The second-order valence-corrected chi connectivity index (χ2v) is 4.17. The number of carbonyl (C=O) groups excluding carboxylic acids is 1. The molecule has 0 saturated heterocycles. The summed E-state index contributed by atoms with van der Waals surface area (Å²) in [5.74, 6) is -1.33. The predicted molar refractivity (Wildman–Crippen MR) is 67.0 cm³/mol. The molecule has 0 heterocycles. The van der Waals surface area contributed by atoms with Gasteiger partial charge in [-0.25, -0.2) is 4.79 Å². The van der Waals surface area contributed by atoms with Gasteiger partial charge in [-0.2, -0.15) is 0 Å². The van der Waals surface area contributed by atoms with Gasteiger partial charge in [0.05, 0.1) is 5.92 Å². The maximum absolute atomic E-state index is 11.3. The minimum atomic E-state index is -0.849. The number of nitrogens with one attached hydrogen (secondary N) is 2. The van der Waals surface area contributed by atoms with E-state index in [-0.39, 0.29) is 12.6 Å². The number of urea groups is 1. The summed E-state index contributed by atoms with van der Waals surface area (Å²) in [6.07, 6.45) is 4.55. The highest BCUT2D eigenvalue weighted by Crippen LogP contribution is 2.04. The summed E-state index contributed by atoms with van der Waals surface area (Å²) in [6.45, 7) is 4.87. The second-order valence-electron chi connectivity index (χ2n) is 4.17. The first kappa shape index (κ1) is 15.7. The summed E-state index contributed by atoms with van der Waals surface area (Å²) in [6, 6.07) is -0.275. The van der Waals surface area contributed by atoms with Gasteiger partial charge in [-0.1, -0.05) is 33.1 Å². The molecule has 0 spiro atoms. The standard InChI is InChI=1S/C12H24N2O3/c1-3-5-6-8-13-12(17)14-9-10(7-4-2)11(15)16/h10H,3-9H2,1-2H3,(H,15,16)(H2,13,14,17). The Kier molecular flexibility index (Phi) is 9.19. The molecule has 0 aromatic heterocycles. The van der Waals surface area contributed by atoms with Crippen molar-refractivity contribution in [2.24, 2.45) is 5.92 Å². The molecular formula is C12H24N2O3. The highest BCUT2D eigenvalue weighted by Gasteiger charge is 2.16. The van der Waals surface area contributed by atoms with Gasteiger partial charge in [-0.05, 0) is 12.8 Å². The average Bonchev–Trinajstić information content (AvgIpc) is 2.29. The van der Waals surface area contributed by atoms with E-state index in [9.17, 15) is 9.59 Å². The zero-order chi connectivity index (χ0) is 13.1. The smallest absolute Gasteiger partial charge is 0.314 e. The lowest BCUT2D eigenvalue weighted by Gasteiger charge is -2.12. The molecule has 0 aromatic rings. The Bertz CT molecular complexity index is 232. The van der Waals surface area contributed by atoms with Crippen molar-refractivity contribution in [3.63, 3.8) is 0 Å². The van der Waals surface area contributed by atoms with E-state index in [1.165, 1.54) is 0 Å². The van der Waals surface area contributed by atoms with Gasteiger partial charge in [0.2, 0.25) is 0 Å². The number of rotatable bonds is 9. The molecule has 2 amide bonds. The molecule has 1 unspecified atom stereocenters. The molecule has 5 nitrogen and oxygen atoms in total. The molecule has 1 atom stereocenters. The average molecular weight is 244 g/mol. The number of carbonyl (C=O) groups is 2. The zero-order valence-corrected chi connectivity index (χ0v) is 10.8. The van der Waals surface area contributed by atoms with Gasteiger partial charge in [0.25, 0.3) is 0 Å². The number of carboxylic acids is 1. The van der Waals surface area contributed by atoms with Crippen molar-refractivity contribution in [3.05, 3.63) is 0 Å². The minimum absolute atomic E-state index is 0.197. The summed E-state index contributed by atoms with van der Waals surface area (Å²) in [7, 11) is 0. The quantitative estimate of drug-likeness (QED) is 0.543. The number of carboxylic acid groups (broad SMARTS) is 1. The van der Waals surface area contributed by atoms with E-state index in [0.717, 1.165) is 25.7 Å². The van der Waals surface area contributed by atoms with Gasteiger partial charge >= 0.3 is 12.0 Å². The van der Waals surface area contributed by atoms with E-state index in [1.54, 1.807) is 0 Å². The lowest BCUT2D eigenvalue weighted by atomic mass is 10.0. The van der Waals surface area contributed by atoms with E-state index in [2.05, 4.69) is 17.6 Å². The third kappa shape index (κ3) is 8.54. The van der Waals surface area contributed by atoms with E-state index in [4.69, 9.17) is 5.11 Å². The molecule has 0 aromatic carbocycles. The van der Waals surface area contributed by atoms with Crippen LogP contribution in [-0.4, -0.2) is 30.2 Å². The Labute approximate surface area is 103 Å². The van der Waals surface area contributed by atoms with Crippen LogP contribution in [0.25, 0.3) is 0 Å². The molecule has 0 aliphatic rings. The fourth-order valence-electron chi connectivity index (χ4n) is 1.52. The van der Waals surface area contributed by atoms with Gasteiger partial charge in [-0.15, -0.1) is 0 Å². The third-order valence-corrected chi connectivity index (χ3v) is 2.56. The Morgan fingerprint density at radius 1 is 1.12 bits per heavy atom. The van der Waals surface area contributed by atoms with E-state index in [1.807, 2.05) is 6.92 Å². The first-order chi connectivity index (χ1) is 8.11. The topological polar surface area (TPSA) is 78.4 Å².